The largest absolute Gasteiger partial charge is 0.657 e. The van der Waals surface area contributed by atoms with Gasteiger partial charge in [-0.2, -0.15) is 0 Å². The third-order valence-electron chi connectivity index (χ3n) is 9.03. The first-order valence-electron chi connectivity index (χ1n) is 16.7. The summed E-state index contributed by atoms with van der Waals surface area (Å²) >= 11 is 0. The predicted octanol–water partition coefficient (Wildman–Crippen LogP) is 11.9. The Bertz CT molecular complexity index is 1780. The summed E-state index contributed by atoms with van der Waals surface area (Å²) in [6.07, 6.45) is 3.64. The van der Waals surface area contributed by atoms with Crippen LogP contribution in [0, 0.1) is 6.67 Å². The number of anilines is 4. The number of benzene rings is 4. The summed E-state index contributed by atoms with van der Waals surface area (Å²) in [6.45, 7) is 20.7. The van der Waals surface area contributed by atoms with Crippen molar-refractivity contribution in [2.45, 2.75) is 79.1 Å². The maximum atomic E-state index is 4.48. The molecule has 0 spiro atoms. The molecule has 4 nitrogen and oxygen atoms in total. The van der Waals surface area contributed by atoms with E-state index in [1.54, 1.807) is 6.20 Å². The zero-order valence-electron chi connectivity index (χ0n) is 28.8. The Balaban J connectivity index is 0.000000256. The molecule has 0 amide bonds. The van der Waals surface area contributed by atoms with Crippen molar-refractivity contribution in [2.24, 2.45) is 0 Å². The fourth-order valence-corrected chi connectivity index (χ4v) is 6.67. The smallest absolute Gasteiger partial charge is 0.0345 e. The second-order valence-electron chi connectivity index (χ2n) is 13.6. The summed E-state index contributed by atoms with van der Waals surface area (Å²) in [7, 11) is 0. The summed E-state index contributed by atoms with van der Waals surface area (Å²) in [6, 6.07) is 32.5. The van der Waals surface area contributed by atoms with Gasteiger partial charge in [0, 0.05) is 57.5 Å². The van der Waals surface area contributed by atoms with E-state index < -0.39 is 0 Å². The zero-order chi connectivity index (χ0) is 32.5. The van der Waals surface area contributed by atoms with Gasteiger partial charge in [-0.3, -0.25) is 4.98 Å². The van der Waals surface area contributed by atoms with Crippen LogP contribution < -0.4 is 14.8 Å². The van der Waals surface area contributed by atoms with E-state index in [2.05, 4.69) is 149 Å². The molecular weight excluding hydrogens is 757 g/mol. The molecule has 5 heteroatoms. The number of hydrogen-bond donors (Lipinski definition) is 0. The van der Waals surface area contributed by atoms with Crippen LogP contribution in [-0.2, 0) is 22.4 Å². The molecule has 4 aromatic carbocycles. The van der Waals surface area contributed by atoms with Crippen LogP contribution in [0.5, 0.6) is 0 Å². The number of aromatic nitrogens is 2. The van der Waals surface area contributed by atoms with E-state index in [4.69, 9.17) is 0 Å². The maximum absolute atomic E-state index is 4.48. The van der Waals surface area contributed by atoms with Gasteiger partial charge in [0.15, 0.2) is 0 Å². The molecule has 0 aliphatic carbocycles. The van der Waals surface area contributed by atoms with Crippen LogP contribution in [0.15, 0.2) is 103 Å². The van der Waals surface area contributed by atoms with Crippen molar-refractivity contribution < 1.29 is 22.4 Å². The normalized spacial score (nSPS) is 12.7. The van der Waals surface area contributed by atoms with Gasteiger partial charge in [0.25, 0.3) is 0 Å². The van der Waals surface area contributed by atoms with Crippen molar-refractivity contribution in [2.75, 3.05) is 9.80 Å². The number of para-hydroxylation sites is 5. The van der Waals surface area contributed by atoms with Crippen LogP contribution >= 0.6 is 0 Å². The number of rotatable bonds is 6. The molecule has 0 bridgehead atoms. The molecule has 0 fully saturated rings. The third-order valence-corrected chi connectivity index (χ3v) is 9.03. The molecule has 1 aliphatic heterocycles. The van der Waals surface area contributed by atoms with E-state index in [-0.39, 0.29) is 22.4 Å². The summed E-state index contributed by atoms with van der Waals surface area (Å²) in [5.74, 6) is 1.79. The van der Waals surface area contributed by atoms with Crippen LogP contribution in [0.2, 0.25) is 0 Å². The number of fused-ring (bicyclic) bond motifs is 4. The molecule has 0 atom stereocenters. The monoisotopic (exact) mass is 803 g/mol. The van der Waals surface area contributed by atoms with Crippen molar-refractivity contribution in [3.05, 3.63) is 132 Å². The molecular formula is C42H46AuN4-2. The topological polar surface area (TPSA) is 33.5 Å². The molecule has 3 heterocycles. The summed E-state index contributed by atoms with van der Waals surface area (Å²) in [5.41, 5.74) is 12.8. The Morgan fingerprint density at radius 1 is 0.511 bits per heavy atom. The first-order valence-corrected chi connectivity index (χ1v) is 16.7. The van der Waals surface area contributed by atoms with Crippen molar-refractivity contribution in [3.8, 4) is 0 Å². The van der Waals surface area contributed by atoms with Crippen molar-refractivity contribution in [1.82, 2.24) is 9.97 Å². The molecule has 0 N–H and O–H groups in total. The van der Waals surface area contributed by atoms with E-state index in [0.717, 1.165) is 16.4 Å². The molecule has 0 saturated carbocycles. The minimum Gasteiger partial charge on any atom is -0.657 e. The molecule has 0 unspecified atom stereocenters. The molecule has 6 aromatic rings. The van der Waals surface area contributed by atoms with E-state index in [9.17, 15) is 0 Å². The van der Waals surface area contributed by atoms with Crippen LogP contribution in [0.1, 0.15) is 101 Å². The van der Waals surface area contributed by atoms with Gasteiger partial charge in [-0.25, -0.2) is 0 Å². The fraction of sp³-hybridized carbons (Fsp3) is 0.286. The zero-order valence-corrected chi connectivity index (χ0v) is 31.0. The van der Waals surface area contributed by atoms with Crippen LogP contribution in [0.3, 0.4) is 0 Å². The number of hydrogen-bond acceptors (Lipinski definition) is 3. The van der Waals surface area contributed by atoms with Crippen molar-refractivity contribution >= 4 is 44.6 Å². The number of nitrogens with zero attached hydrogens (tertiary/aromatic N) is 4. The quantitative estimate of drug-likeness (QED) is 0.124. The molecule has 2 aromatic heterocycles. The summed E-state index contributed by atoms with van der Waals surface area (Å²) < 4.78 is 0. The van der Waals surface area contributed by atoms with Crippen LogP contribution in [0.25, 0.3) is 21.8 Å². The molecule has 1 radical (unpaired) electrons. The second kappa shape index (κ2) is 14.5. The van der Waals surface area contributed by atoms with E-state index in [1.807, 2.05) is 30.5 Å². The Hall–Kier alpha value is -3.83. The van der Waals surface area contributed by atoms with Gasteiger partial charge in [0.2, 0.25) is 0 Å². The van der Waals surface area contributed by atoms with Gasteiger partial charge in [-0.1, -0.05) is 134 Å². The first kappa shape index (κ1) is 34.5. The average Bonchev–Trinajstić information content (AvgIpc) is 3.63. The molecule has 247 valence electrons. The summed E-state index contributed by atoms with van der Waals surface area (Å²) in [5, 5.41) is 2.32. The maximum Gasteiger partial charge on any atom is 0.0345 e. The van der Waals surface area contributed by atoms with Gasteiger partial charge in [-0.05, 0) is 68.8 Å². The van der Waals surface area contributed by atoms with Gasteiger partial charge >= 0.3 is 0 Å². The average molecular weight is 804 g/mol. The number of pyridine rings is 1. The van der Waals surface area contributed by atoms with Crippen molar-refractivity contribution in [1.29, 1.82) is 0 Å². The van der Waals surface area contributed by atoms with Crippen molar-refractivity contribution in [3.63, 3.8) is 0 Å². The fourth-order valence-electron chi connectivity index (χ4n) is 6.67. The van der Waals surface area contributed by atoms with E-state index in [1.165, 1.54) is 50.4 Å². The summed E-state index contributed by atoms with van der Waals surface area (Å²) in [4.78, 5) is 13.5. The SMILES string of the molecule is CC(C)c1cccc(C(C)C)c1N1[CH-]N(c2c(C(C)C)cccc2C(C)C)c2ccccc21.[Au].c1ccc2c(c1)[n-]c1ccncc12. The van der Waals surface area contributed by atoms with Gasteiger partial charge < -0.3 is 14.8 Å². The Labute approximate surface area is 296 Å². The Morgan fingerprint density at radius 2 is 0.936 bits per heavy atom. The first-order chi connectivity index (χ1) is 22.2. The molecule has 7 rings (SSSR count). The molecule has 47 heavy (non-hydrogen) atoms. The van der Waals surface area contributed by atoms with E-state index >= 15 is 0 Å². The van der Waals surface area contributed by atoms with E-state index in [0.29, 0.717) is 23.7 Å². The minimum atomic E-state index is 0. The Morgan fingerprint density at radius 3 is 1.40 bits per heavy atom. The minimum absolute atomic E-state index is 0. The standard InChI is InChI=1S/C31H39N2.C11H7N2.Au/c1-20(2)24-13-11-14-25(21(3)4)30(24)32-19-33(29-18-10-9-17-28(29)32)31-26(22(5)6)15-12-16-27(31)23(7)8;1-2-4-10-8(3-1)9-7-12-6-5-11(9)13-10;/h9-23H,1-8H3;1-7H;/q2*-1;. The van der Waals surface area contributed by atoms with Gasteiger partial charge in [0.05, 0.1) is 0 Å². The van der Waals surface area contributed by atoms with Crippen LogP contribution in [-0.4, -0.2) is 4.98 Å². The van der Waals surface area contributed by atoms with Crippen LogP contribution in [0.4, 0.5) is 22.7 Å². The molecule has 0 saturated heterocycles. The third kappa shape index (κ3) is 6.65. The van der Waals surface area contributed by atoms with Gasteiger partial charge in [0.1, 0.15) is 0 Å². The second-order valence-corrected chi connectivity index (χ2v) is 13.6. The Kier molecular flexibility index (Phi) is 10.7. The molecule has 1 aliphatic rings. The predicted molar refractivity (Wildman–Crippen MR) is 197 cm³/mol. The van der Waals surface area contributed by atoms with Gasteiger partial charge in [-0.15, -0.1) is 17.7 Å².